The number of quaternary nitrogens is 2. The zero-order valence-corrected chi connectivity index (χ0v) is 9.74. The van der Waals surface area contributed by atoms with E-state index in [9.17, 15) is 10.4 Å². The lowest BCUT2D eigenvalue weighted by Gasteiger charge is -2.13. The number of hydrogen-bond acceptors (Lipinski definition) is 5. The first-order chi connectivity index (χ1) is 9.06. The smallest absolute Gasteiger partial charge is 0.164 e. The Balaban J connectivity index is 2.08. The van der Waals surface area contributed by atoms with Crippen molar-refractivity contribution in [3.63, 3.8) is 0 Å². The minimum Gasteiger partial charge on any atom is -0.595 e. The first kappa shape index (κ1) is 13.4. The monoisotopic (exact) mass is 264 g/mol. The SMILES string of the molecule is [O-][NH+](O)c1ccc(Oc2ccc([NH+]([O-])O)cc2)cc1. The summed E-state index contributed by atoms with van der Waals surface area (Å²) in [7, 11) is 0. The van der Waals surface area contributed by atoms with E-state index in [2.05, 4.69) is 0 Å². The van der Waals surface area contributed by atoms with Crippen molar-refractivity contribution in [2.24, 2.45) is 0 Å². The molecule has 2 aromatic carbocycles. The molecule has 7 nitrogen and oxygen atoms in total. The summed E-state index contributed by atoms with van der Waals surface area (Å²) < 4.78 is 5.46. The second-order valence-corrected chi connectivity index (χ2v) is 3.76. The third-order valence-electron chi connectivity index (χ3n) is 2.44. The maximum atomic E-state index is 10.7. The third kappa shape index (κ3) is 3.48. The third-order valence-corrected chi connectivity index (χ3v) is 2.44. The fraction of sp³-hybridized carbons (Fsp3) is 0. The van der Waals surface area contributed by atoms with Gasteiger partial charge in [0.25, 0.3) is 0 Å². The van der Waals surface area contributed by atoms with Crippen LogP contribution in [0.5, 0.6) is 11.5 Å². The number of nitrogens with one attached hydrogen (secondary N) is 2. The number of benzene rings is 2. The molecule has 0 aromatic heterocycles. The number of ether oxygens (including phenoxy) is 1. The normalized spacial score (nSPS) is 13.9. The molecule has 2 aromatic rings. The summed E-state index contributed by atoms with van der Waals surface area (Å²) in [6.07, 6.45) is 0. The second kappa shape index (κ2) is 5.76. The molecule has 0 aliphatic carbocycles. The summed E-state index contributed by atoms with van der Waals surface area (Å²) in [6, 6.07) is 11.9. The van der Waals surface area contributed by atoms with Crippen LogP contribution in [0.25, 0.3) is 0 Å². The minimum atomic E-state index is -1.00. The van der Waals surface area contributed by atoms with Crippen LogP contribution in [0, 0.1) is 10.4 Å². The molecule has 0 amide bonds. The van der Waals surface area contributed by atoms with E-state index >= 15 is 0 Å². The lowest BCUT2D eigenvalue weighted by atomic mass is 10.3. The van der Waals surface area contributed by atoms with Gasteiger partial charge in [-0.2, -0.15) is 10.5 Å². The highest BCUT2D eigenvalue weighted by Gasteiger charge is 2.03. The summed E-state index contributed by atoms with van der Waals surface area (Å²) in [6.45, 7) is 0. The molecule has 7 heteroatoms. The Labute approximate surface area is 108 Å². The predicted molar refractivity (Wildman–Crippen MR) is 64.5 cm³/mol. The van der Waals surface area contributed by atoms with Gasteiger partial charge in [0.15, 0.2) is 11.4 Å². The topological polar surface area (TPSA) is 105 Å². The van der Waals surface area contributed by atoms with Crippen LogP contribution in [-0.2, 0) is 0 Å². The van der Waals surface area contributed by atoms with Crippen molar-refractivity contribution in [1.29, 1.82) is 0 Å². The van der Waals surface area contributed by atoms with E-state index < -0.39 is 10.5 Å². The Morgan fingerprint density at radius 1 is 0.684 bits per heavy atom. The molecular weight excluding hydrogens is 252 g/mol. The van der Waals surface area contributed by atoms with Crippen LogP contribution in [-0.4, -0.2) is 10.4 Å². The van der Waals surface area contributed by atoms with E-state index in [1.807, 2.05) is 0 Å². The van der Waals surface area contributed by atoms with Crippen molar-refractivity contribution in [2.75, 3.05) is 0 Å². The van der Waals surface area contributed by atoms with Gasteiger partial charge in [-0.1, -0.05) is 0 Å². The van der Waals surface area contributed by atoms with Gasteiger partial charge in [-0.25, -0.2) is 10.4 Å². The fourth-order valence-corrected chi connectivity index (χ4v) is 1.47. The van der Waals surface area contributed by atoms with Crippen LogP contribution in [0.3, 0.4) is 0 Å². The van der Waals surface area contributed by atoms with Crippen LogP contribution < -0.4 is 15.2 Å². The van der Waals surface area contributed by atoms with Gasteiger partial charge in [-0.15, -0.1) is 0 Å². The standard InChI is InChI=1S/C12H12N2O5/c15-13(16)9-1-5-11(6-2-9)19-12-7-3-10(4-8-12)14(17)18/h1-8,13-15,17H. The van der Waals surface area contributed by atoms with E-state index in [4.69, 9.17) is 15.2 Å². The Morgan fingerprint density at radius 3 is 1.26 bits per heavy atom. The molecule has 0 saturated carbocycles. The molecular formula is C12H12N2O5. The molecule has 19 heavy (non-hydrogen) atoms. The molecule has 0 spiro atoms. The Kier molecular flexibility index (Phi) is 4.07. The number of rotatable bonds is 4. The van der Waals surface area contributed by atoms with Gasteiger partial charge in [0.05, 0.1) is 0 Å². The average molecular weight is 264 g/mol. The molecule has 0 bridgehead atoms. The van der Waals surface area contributed by atoms with Crippen LogP contribution in [0.15, 0.2) is 48.5 Å². The lowest BCUT2D eigenvalue weighted by molar-refractivity contribution is -0.991. The summed E-state index contributed by atoms with van der Waals surface area (Å²) in [4.78, 5) is 0. The Morgan fingerprint density at radius 2 is 1.00 bits per heavy atom. The predicted octanol–water partition coefficient (Wildman–Crippen LogP) is 0.286. The van der Waals surface area contributed by atoms with Gasteiger partial charge in [0.1, 0.15) is 11.5 Å². The highest BCUT2D eigenvalue weighted by Crippen LogP contribution is 2.22. The summed E-state index contributed by atoms with van der Waals surface area (Å²) in [5, 5.41) is 36.8. The van der Waals surface area contributed by atoms with Crippen LogP contribution >= 0.6 is 0 Å². The largest absolute Gasteiger partial charge is 0.595 e. The quantitative estimate of drug-likeness (QED) is 0.594. The highest BCUT2D eigenvalue weighted by atomic mass is 16.8. The van der Waals surface area contributed by atoms with Crippen molar-refractivity contribution >= 4 is 11.4 Å². The van der Waals surface area contributed by atoms with Crippen molar-refractivity contribution in [3.8, 4) is 11.5 Å². The molecule has 0 saturated heterocycles. The molecule has 2 atom stereocenters. The number of hydrogen-bond donors (Lipinski definition) is 4. The fourth-order valence-electron chi connectivity index (χ4n) is 1.47. The van der Waals surface area contributed by atoms with E-state index in [0.29, 0.717) is 11.5 Å². The highest BCUT2D eigenvalue weighted by molar-refractivity contribution is 5.40. The van der Waals surface area contributed by atoms with Crippen LogP contribution in [0.2, 0.25) is 0 Å². The van der Waals surface area contributed by atoms with Crippen molar-refractivity contribution in [2.45, 2.75) is 0 Å². The molecule has 2 rings (SSSR count). The molecule has 2 unspecified atom stereocenters. The van der Waals surface area contributed by atoms with Crippen molar-refractivity contribution < 1.29 is 25.6 Å². The summed E-state index contributed by atoms with van der Waals surface area (Å²) in [5.41, 5.74) is 0.349. The van der Waals surface area contributed by atoms with Gasteiger partial charge >= 0.3 is 0 Å². The van der Waals surface area contributed by atoms with Gasteiger partial charge in [0.2, 0.25) is 0 Å². The molecule has 0 aliphatic heterocycles. The maximum absolute atomic E-state index is 10.7. The van der Waals surface area contributed by atoms with Crippen molar-refractivity contribution in [3.05, 3.63) is 58.9 Å². The molecule has 0 aliphatic rings. The van der Waals surface area contributed by atoms with Gasteiger partial charge in [-0.3, -0.25) is 0 Å². The molecule has 0 radical (unpaired) electrons. The molecule has 0 heterocycles. The van der Waals surface area contributed by atoms with Gasteiger partial charge in [0, 0.05) is 24.3 Å². The zero-order chi connectivity index (χ0) is 13.8. The Hall–Kier alpha value is -2.00. The molecule has 4 N–H and O–H groups in total. The van der Waals surface area contributed by atoms with Crippen molar-refractivity contribution in [1.82, 2.24) is 0 Å². The summed E-state index contributed by atoms with van der Waals surface area (Å²) >= 11 is 0. The molecule has 0 fully saturated rings. The zero-order valence-electron chi connectivity index (χ0n) is 9.74. The Bertz CT molecular complexity index is 475. The summed E-state index contributed by atoms with van der Waals surface area (Å²) in [5.74, 6) is 0.959. The van der Waals surface area contributed by atoms with E-state index in [1.165, 1.54) is 48.5 Å². The van der Waals surface area contributed by atoms with Gasteiger partial charge < -0.3 is 15.2 Å². The first-order valence-corrected chi connectivity index (χ1v) is 5.41. The van der Waals surface area contributed by atoms with Crippen LogP contribution in [0.1, 0.15) is 0 Å². The average Bonchev–Trinajstić information content (AvgIpc) is 2.40. The lowest BCUT2D eigenvalue weighted by Crippen LogP contribution is -2.99. The maximum Gasteiger partial charge on any atom is 0.164 e. The minimum absolute atomic E-state index is 0.175. The second-order valence-electron chi connectivity index (χ2n) is 3.76. The van der Waals surface area contributed by atoms with E-state index in [1.54, 1.807) is 0 Å². The first-order valence-electron chi connectivity index (χ1n) is 5.41. The molecule has 100 valence electrons. The van der Waals surface area contributed by atoms with E-state index in [-0.39, 0.29) is 11.4 Å². The van der Waals surface area contributed by atoms with Crippen LogP contribution in [0.4, 0.5) is 11.4 Å². The van der Waals surface area contributed by atoms with Gasteiger partial charge in [-0.05, 0) is 24.3 Å². The van der Waals surface area contributed by atoms with E-state index in [0.717, 1.165) is 0 Å².